The number of rotatable bonds is 7. The maximum absolute atomic E-state index is 5.41. The summed E-state index contributed by atoms with van der Waals surface area (Å²) < 4.78 is 6.20. The van der Waals surface area contributed by atoms with Crippen LogP contribution in [0.3, 0.4) is 0 Å². The number of nitrogens with one attached hydrogen (secondary N) is 1. The van der Waals surface area contributed by atoms with E-state index < -0.39 is 0 Å². The first-order valence-electron chi connectivity index (χ1n) is 4.31. The molecule has 3 radical (unpaired) electrons. The summed E-state index contributed by atoms with van der Waals surface area (Å²) in [5.41, 5.74) is 0. The molecule has 0 amide bonds. The quantitative estimate of drug-likeness (QED) is 0.433. The van der Waals surface area contributed by atoms with Crippen LogP contribution in [0.15, 0.2) is 0 Å². The van der Waals surface area contributed by atoms with Gasteiger partial charge in [0.25, 0.3) is 0 Å². The summed E-state index contributed by atoms with van der Waals surface area (Å²) in [7, 11) is 0. The minimum absolute atomic E-state index is 0.623. The summed E-state index contributed by atoms with van der Waals surface area (Å²) in [4.78, 5) is 0. The van der Waals surface area contributed by atoms with E-state index in [1.54, 1.807) is 22.5 Å². The van der Waals surface area contributed by atoms with Crippen LogP contribution in [0.4, 0.5) is 0 Å². The first kappa shape index (κ1) is 13.1. The van der Waals surface area contributed by atoms with Crippen molar-refractivity contribution in [2.45, 2.75) is 29.3 Å². The van der Waals surface area contributed by atoms with Crippen molar-refractivity contribution in [1.82, 2.24) is 5.32 Å². The van der Waals surface area contributed by atoms with Crippen molar-refractivity contribution in [1.29, 1.82) is 0 Å². The van der Waals surface area contributed by atoms with Crippen molar-refractivity contribution in [3.8, 4) is 0 Å². The van der Waals surface area contributed by atoms with Gasteiger partial charge in [-0.2, -0.15) is 0 Å². The molecule has 0 rings (SSSR count). The van der Waals surface area contributed by atoms with Gasteiger partial charge in [0, 0.05) is 0 Å². The van der Waals surface area contributed by atoms with Crippen molar-refractivity contribution >= 4 is 34.3 Å². The molecule has 0 fully saturated rings. The molecule has 2 atom stereocenters. The average Bonchev–Trinajstić information content (AvgIpc) is 1.97. The zero-order valence-corrected chi connectivity index (χ0v) is 11.8. The molecule has 0 heterocycles. The van der Waals surface area contributed by atoms with Gasteiger partial charge in [-0.25, -0.2) is 0 Å². The van der Waals surface area contributed by atoms with E-state index >= 15 is 0 Å². The molecule has 0 spiro atoms. The van der Waals surface area contributed by atoms with Crippen LogP contribution in [0.2, 0.25) is 0 Å². The first-order chi connectivity index (χ1) is 5.66. The molecule has 1 N–H and O–H groups in total. The van der Waals surface area contributed by atoms with Crippen molar-refractivity contribution < 1.29 is 4.74 Å². The van der Waals surface area contributed by atoms with E-state index in [1.165, 1.54) is 0 Å². The zero-order chi connectivity index (χ0) is 9.40. The number of ether oxygens (including phenoxy) is 1. The first-order valence-corrected chi connectivity index (χ1v) is 6.91. The molecule has 4 heteroatoms. The molecular formula is C8H18NOSSn. The van der Waals surface area contributed by atoms with E-state index in [9.17, 15) is 0 Å². The van der Waals surface area contributed by atoms with Gasteiger partial charge < -0.3 is 0 Å². The molecule has 0 aliphatic rings. The predicted molar refractivity (Wildman–Crippen MR) is 56.8 cm³/mol. The van der Waals surface area contributed by atoms with Crippen molar-refractivity contribution in [3.63, 3.8) is 0 Å². The van der Waals surface area contributed by atoms with Crippen LogP contribution >= 0.6 is 11.8 Å². The van der Waals surface area contributed by atoms with Gasteiger partial charge in [-0.1, -0.05) is 0 Å². The fourth-order valence-electron chi connectivity index (χ4n) is 0.787. The zero-order valence-electron chi connectivity index (χ0n) is 8.09. The van der Waals surface area contributed by atoms with Crippen molar-refractivity contribution in [2.24, 2.45) is 0 Å². The predicted octanol–water partition coefficient (Wildman–Crippen LogP) is 1.21. The van der Waals surface area contributed by atoms with Gasteiger partial charge in [0.1, 0.15) is 0 Å². The maximum atomic E-state index is 5.41. The molecule has 2 unspecified atom stereocenters. The number of thioether (sulfide) groups is 1. The molecule has 0 aliphatic heterocycles. The molecule has 0 aliphatic carbocycles. The van der Waals surface area contributed by atoms with Crippen LogP contribution in [0.25, 0.3) is 0 Å². The Labute approximate surface area is 93.3 Å². The van der Waals surface area contributed by atoms with Gasteiger partial charge in [0.05, 0.1) is 0 Å². The Kier molecular flexibility index (Phi) is 9.43. The Morgan fingerprint density at radius 1 is 1.50 bits per heavy atom. The van der Waals surface area contributed by atoms with E-state index in [1.807, 2.05) is 11.8 Å². The normalized spacial score (nSPS) is 16.0. The molecule has 0 saturated carbocycles. The van der Waals surface area contributed by atoms with Gasteiger partial charge in [0.15, 0.2) is 0 Å². The Bertz CT molecular complexity index is 103. The average molecular weight is 295 g/mol. The molecule has 2 nitrogen and oxygen atoms in total. The molecule has 0 bridgehead atoms. The fraction of sp³-hybridized carbons (Fsp3) is 1.00. The topological polar surface area (TPSA) is 21.3 Å². The Morgan fingerprint density at radius 3 is 2.67 bits per heavy atom. The van der Waals surface area contributed by atoms with Gasteiger partial charge in [-0.05, 0) is 0 Å². The number of hydrogen-bond acceptors (Lipinski definition) is 3. The van der Waals surface area contributed by atoms with Gasteiger partial charge in [0.2, 0.25) is 0 Å². The third kappa shape index (κ3) is 9.16. The molecule has 71 valence electrons. The van der Waals surface area contributed by atoms with Crippen molar-refractivity contribution in [3.05, 3.63) is 0 Å². The Balaban J connectivity index is 3.14. The van der Waals surface area contributed by atoms with Gasteiger partial charge in [-0.15, -0.1) is 0 Å². The molecule has 0 aromatic carbocycles. The summed E-state index contributed by atoms with van der Waals surface area (Å²) in [6.45, 7) is 9.08. The molecule has 12 heavy (non-hydrogen) atoms. The SMILES string of the molecule is CCNCOCC(C)S[CH](C)[Sn]. The summed E-state index contributed by atoms with van der Waals surface area (Å²) in [5.74, 6) is 0. The monoisotopic (exact) mass is 296 g/mol. The molecule has 0 saturated heterocycles. The second kappa shape index (κ2) is 8.66. The van der Waals surface area contributed by atoms with Crippen LogP contribution in [0.1, 0.15) is 20.8 Å². The molecule has 0 aromatic rings. The summed E-state index contributed by atoms with van der Waals surface area (Å²) in [6.07, 6.45) is 0. The van der Waals surface area contributed by atoms with E-state index in [0.717, 1.165) is 16.4 Å². The third-order valence-corrected chi connectivity index (χ3v) is 3.42. The van der Waals surface area contributed by atoms with E-state index in [2.05, 4.69) is 26.1 Å². The Morgan fingerprint density at radius 2 is 2.17 bits per heavy atom. The number of hydrogen-bond donors (Lipinski definition) is 1. The van der Waals surface area contributed by atoms with E-state index in [-0.39, 0.29) is 0 Å². The van der Waals surface area contributed by atoms with Crippen LogP contribution in [-0.4, -0.2) is 50.9 Å². The molecule has 0 aromatic heterocycles. The third-order valence-electron chi connectivity index (χ3n) is 1.24. The van der Waals surface area contributed by atoms with Crippen molar-refractivity contribution in [2.75, 3.05) is 19.9 Å². The summed E-state index contributed by atoms with van der Waals surface area (Å²) in [6, 6.07) is 0. The van der Waals surface area contributed by atoms with Crippen LogP contribution in [-0.2, 0) is 4.74 Å². The van der Waals surface area contributed by atoms with E-state index in [0.29, 0.717) is 12.0 Å². The molecular weight excluding hydrogens is 277 g/mol. The van der Waals surface area contributed by atoms with Gasteiger partial charge in [-0.3, -0.25) is 0 Å². The second-order valence-corrected chi connectivity index (χ2v) is 8.16. The van der Waals surface area contributed by atoms with Crippen LogP contribution in [0.5, 0.6) is 0 Å². The Hall–Kier alpha value is 1.07. The second-order valence-electron chi connectivity index (χ2n) is 2.71. The van der Waals surface area contributed by atoms with Gasteiger partial charge >= 0.3 is 93.5 Å². The summed E-state index contributed by atoms with van der Waals surface area (Å²) >= 11 is 3.60. The van der Waals surface area contributed by atoms with E-state index in [4.69, 9.17) is 4.74 Å². The fourth-order valence-corrected chi connectivity index (χ4v) is 3.65. The standard InChI is InChI=1S/C8H18NOS.Sn/c1-4-9-7-10-6-8(3)11-5-2;/h5,8-9H,4,6-7H2,1-3H3;. The minimum atomic E-state index is 0.623. The summed E-state index contributed by atoms with van der Waals surface area (Å²) in [5, 5.41) is 3.75. The van der Waals surface area contributed by atoms with Crippen LogP contribution < -0.4 is 5.32 Å². The van der Waals surface area contributed by atoms with Crippen LogP contribution in [0, 0.1) is 0 Å².